The van der Waals surface area contributed by atoms with Gasteiger partial charge in [0.05, 0.1) is 23.8 Å². The molecule has 0 atom stereocenters. The zero-order chi connectivity index (χ0) is 22.6. The van der Waals surface area contributed by atoms with E-state index in [0.29, 0.717) is 33.7 Å². The number of hydrogen-bond donors (Lipinski definition) is 3. The van der Waals surface area contributed by atoms with Gasteiger partial charge in [0.1, 0.15) is 11.5 Å². The lowest BCUT2D eigenvalue weighted by atomic mass is 10.2. The van der Waals surface area contributed by atoms with Crippen molar-refractivity contribution in [3.05, 3.63) is 58.1 Å². The summed E-state index contributed by atoms with van der Waals surface area (Å²) in [4.78, 5) is 24.7. The number of hydrazine groups is 1. The molecule has 0 aliphatic heterocycles. The maximum absolute atomic E-state index is 12.4. The van der Waals surface area contributed by atoms with Gasteiger partial charge in [-0.05, 0) is 64.9 Å². The summed E-state index contributed by atoms with van der Waals surface area (Å²) in [6.45, 7) is 2.79. The highest BCUT2D eigenvalue weighted by molar-refractivity contribution is 9.10. The Labute approximate surface area is 196 Å². The molecule has 2 aromatic carbocycles. The van der Waals surface area contributed by atoms with E-state index < -0.39 is 11.8 Å². The van der Waals surface area contributed by atoms with Crippen LogP contribution in [-0.2, 0) is 0 Å². The van der Waals surface area contributed by atoms with Crippen molar-refractivity contribution in [1.29, 1.82) is 0 Å². The topological polar surface area (TPSA) is 88.7 Å². The number of carbonyl (C=O) groups is 2. The van der Waals surface area contributed by atoms with E-state index >= 15 is 0 Å². The number of amides is 2. The number of nitrogens with one attached hydrogen (secondary N) is 3. The van der Waals surface area contributed by atoms with E-state index in [1.54, 1.807) is 42.5 Å². The van der Waals surface area contributed by atoms with Crippen molar-refractivity contribution in [2.45, 2.75) is 32.6 Å². The van der Waals surface area contributed by atoms with Gasteiger partial charge in [0.25, 0.3) is 11.8 Å². The predicted molar refractivity (Wildman–Crippen MR) is 127 cm³/mol. The normalized spacial score (nSPS) is 10.2. The third-order valence-electron chi connectivity index (χ3n) is 4.32. The van der Waals surface area contributed by atoms with E-state index in [-0.39, 0.29) is 5.11 Å². The van der Waals surface area contributed by atoms with E-state index in [2.05, 4.69) is 39.0 Å². The standard InChI is InChI=1S/C22H26BrN3O4S/c1-3-4-5-8-13-30-19-12-11-15(14-17(19)23)20(27)24-22(31)26-25-21(28)16-9-6-7-10-18(16)29-2/h6-7,9-12,14H,3-5,8,13H2,1-2H3,(H,25,28)(H2,24,26,27,31). The van der Waals surface area contributed by atoms with E-state index in [0.717, 1.165) is 12.8 Å². The second kappa shape index (κ2) is 12.9. The second-order valence-electron chi connectivity index (χ2n) is 6.62. The molecular weight excluding hydrogens is 482 g/mol. The first-order chi connectivity index (χ1) is 15.0. The number of rotatable bonds is 9. The Kier molecular flexibility index (Phi) is 10.3. The van der Waals surface area contributed by atoms with Crippen LogP contribution in [0.1, 0.15) is 53.3 Å². The van der Waals surface area contributed by atoms with Crippen molar-refractivity contribution in [2.24, 2.45) is 0 Å². The number of methoxy groups -OCH3 is 1. The fourth-order valence-electron chi connectivity index (χ4n) is 2.69. The third-order valence-corrected chi connectivity index (χ3v) is 5.14. The van der Waals surface area contributed by atoms with Gasteiger partial charge in [-0.25, -0.2) is 0 Å². The smallest absolute Gasteiger partial charge is 0.273 e. The van der Waals surface area contributed by atoms with Crippen molar-refractivity contribution in [1.82, 2.24) is 16.2 Å². The van der Waals surface area contributed by atoms with Crippen LogP contribution < -0.4 is 25.6 Å². The molecule has 2 aromatic rings. The third kappa shape index (κ3) is 7.84. The van der Waals surface area contributed by atoms with Crippen LogP contribution in [0, 0.1) is 0 Å². The van der Waals surface area contributed by atoms with Crippen molar-refractivity contribution in [3.8, 4) is 11.5 Å². The summed E-state index contributed by atoms with van der Waals surface area (Å²) in [7, 11) is 1.48. The summed E-state index contributed by atoms with van der Waals surface area (Å²) in [6.07, 6.45) is 4.49. The lowest BCUT2D eigenvalue weighted by molar-refractivity contribution is 0.0932. The van der Waals surface area contributed by atoms with Gasteiger partial charge in [0.15, 0.2) is 5.11 Å². The fourth-order valence-corrected chi connectivity index (χ4v) is 3.33. The summed E-state index contributed by atoms with van der Waals surface area (Å²) < 4.78 is 11.6. The summed E-state index contributed by atoms with van der Waals surface area (Å²) >= 11 is 8.52. The molecule has 31 heavy (non-hydrogen) atoms. The number of halogens is 1. The molecule has 0 unspecified atom stereocenters. The Morgan fingerprint density at radius 2 is 1.77 bits per heavy atom. The van der Waals surface area contributed by atoms with Gasteiger partial charge in [-0.15, -0.1) is 0 Å². The fraction of sp³-hybridized carbons (Fsp3) is 0.318. The molecule has 0 radical (unpaired) electrons. The molecule has 166 valence electrons. The van der Waals surface area contributed by atoms with Gasteiger partial charge < -0.3 is 9.47 Å². The predicted octanol–water partition coefficient (Wildman–Crippen LogP) is 4.37. The largest absolute Gasteiger partial charge is 0.496 e. The summed E-state index contributed by atoms with van der Waals surface area (Å²) in [5.41, 5.74) is 5.67. The molecule has 0 heterocycles. The van der Waals surface area contributed by atoms with Crippen LogP contribution >= 0.6 is 28.1 Å². The molecule has 0 bridgehead atoms. The van der Waals surface area contributed by atoms with Crippen LogP contribution in [0.3, 0.4) is 0 Å². The van der Waals surface area contributed by atoms with Gasteiger partial charge in [0.2, 0.25) is 0 Å². The van der Waals surface area contributed by atoms with Crippen LogP contribution in [0.15, 0.2) is 46.9 Å². The molecule has 7 nitrogen and oxygen atoms in total. The van der Waals surface area contributed by atoms with E-state index in [9.17, 15) is 9.59 Å². The molecule has 0 fully saturated rings. The minimum atomic E-state index is -0.447. The lowest BCUT2D eigenvalue weighted by Crippen LogP contribution is -2.48. The number of ether oxygens (including phenoxy) is 2. The zero-order valence-electron chi connectivity index (χ0n) is 17.5. The molecule has 3 N–H and O–H groups in total. The van der Waals surface area contributed by atoms with Crippen molar-refractivity contribution < 1.29 is 19.1 Å². The van der Waals surface area contributed by atoms with Gasteiger partial charge in [-0.3, -0.25) is 25.8 Å². The first-order valence-electron chi connectivity index (χ1n) is 9.93. The monoisotopic (exact) mass is 507 g/mol. The van der Waals surface area contributed by atoms with E-state index in [1.807, 2.05) is 0 Å². The van der Waals surface area contributed by atoms with Gasteiger partial charge in [-0.2, -0.15) is 0 Å². The number of carbonyl (C=O) groups excluding carboxylic acids is 2. The van der Waals surface area contributed by atoms with Crippen molar-refractivity contribution >= 4 is 45.1 Å². The molecule has 0 spiro atoms. The van der Waals surface area contributed by atoms with Crippen LogP contribution in [0.5, 0.6) is 11.5 Å². The number of benzene rings is 2. The number of hydrogen-bond acceptors (Lipinski definition) is 5. The maximum atomic E-state index is 12.4. The molecule has 0 aromatic heterocycles. The van der Waals surface area contributed by atoms with Crippen LogP contribution in [-0.4, -0.2) is 30.6 Å². The quantitative estimate of drug-likeness (QED) is 0.265. The van der Waals surface area contributed by atoms with Crippen LogP contribution in [0.2, 0.25) is 0 Å². The lowest BCUT2D eigenvalue weighted by Gasteiger charge is -2.13. The Morgan fingerprint density at radius 3 is 2.48 bits per heavy atom. The van der Waals surface area contributed by atoms with Gasteiger partial charge in [-0.1, -0.05) is 38.3 Å². The number of unbranched alkanes of at least 4 members (excludes halogenated alkanes) is 3. The molecular formula is C22H26BrN3O4S. The molecule has 0 aliphatic carbocycles. The molecule has 0 aliphatic rings. The average molecular weight is 508 g/mol. The SMILES string of the molecule is CCCCCCOc1ccc(C(=O)NC(=S)NNC(=O)c2ccccc2OC)cc1Br. The Balaban J connectivity index is 1.84. The zero-order valence-corrected chi connectivity index (χ0v) is 19.9. The molecule has 9 heteroatoms. The molecule has 2 amide bonds. The summed E-state index contributed by atoms with van der Waals surface area (Å²) in [6, 6.07) is 11.8. The van der Waals surface area contributed by atoms with Crippen molar-refractivity contribution in [3.63, 3.8) is 0 Å². The highest BCUT2D eigenvalue weighted by Crippen LogP contribution is 2.26. The first-order valence-corrected chi connectivity index (χ1v) is 11.1. The molecule has 0 saturated heterocycles. The Morgan fingerprint density at radius 1 is 1.00 bits per heavy atom. The van der Waals surface area contributed by atoms with E-state index in [4.69, 9.17) is 21.7 Å². The van der Waals surface area contributed by atoms with Crippen molar-refractivity contribution in [2.75, 3.05) is 13.7 Å². The number of thiocarbonyl (C=S) groups is 1. The molecule has 0 saturated carbocycles. The van der Waals surface area contributed by atoms with Crippen LogP contribution in [0.4, 0.5) is 0 Å². The Bertz CT molecular complexity index is 923. The van der Waals surface area contributed by atoms with Gasteiger partial charge >= 0.3 is 0 Å². The molecule has 2 rings (SSSR count). The van der Waals surface area contributed by atoms with E-state index in [1.165, 1.54) is 20.0 Å². The second-order valence-corrected chi connectivity index (χ2v) is 7.88. The first kappa shape index (κ1) is 24.6. The minimum Gasteiger partial charge on any atom is -0.496 e. The average Bonchev–Trinajstić information content (AvgIpc) is 2.78. The Hall–Kier alpha value is -2.65. The maximum Gasteiger partial charge on any atom is 0.273 e. The highest BCUT2D eigenvalue weighted by atomic mass is 79.9. The summed E-state index contributed by atoms with van der Waals surface area (Å²) in [5, 5.41) is 2.48. The van der Waals surface area contributed by atoms with Gasteiger partial charge in [0, 0.05) is 5.56 Å². The highest BCUT2D eigenvalue weighted by Gasteiger charge is 2.14. The van der Waals surface area contributed by atoms with Crippen LogP contribution in [0.25, 0.3) is 0 Å². The summed E-state index contributed by atoms with van der Waals surface area (Å²) in [5.74, 6) is 0.239. The number of para-hydroxylation sites is 1. The minimum absolute atomic E-state index is 0.0411.